The summed E-state index contributed by atoms with van der Waals surface area (Å²) < 4.78 is 38.5. The van der Waals surface area contributed by atoms with Crippen LogP contribution in [0.25, 0.3) is 0 Å². The maximum absolute atomic E-state index is 12.6. The lowest BCUT2D eigenvalue weighted by molar-refractivity contribution is -0.137. The fourth-order valence-electron chi connectivity index (χ4n) is 2.03. The predicted molar refractivity (Wildman–Crippen MR) is 70.7 cm³/mol. The SMILES string of the molecule is Cl.N[C@@H](c1cc(C(F)(F)F)ccc1Br)C1CCC1. The highest BCUT2D eigenvalue weighted by atomic mass is 79.9. The van der Waals surface area contributed by atoms with Crippen molar-refractivity contribution in [1.29, 1.82) is 0 Å². The zero-order valence-electron chi connectivity index (χ0n) is 9.51. The van der Waals surface area contributed by atoms with Gasteiger partial charge in [-0.15, -0.1) is 12.4 Å². The van der Waals surface area contributed by atoms with Gasteiger partial charge in [-0.1, -0.05) is 22.4 Å². The van der Waals surface area contributed by atoms with E-state index in [0.29, 0.717) is 16.0 Å². The second-order valence-electron chi connectivity index (χ2n) is 4.45. The fourth-order valence-corrected chi connectivity index (χ4v) is 2.54. The zero-order valence-corrected chi connectivity index (χ0v) is 11.9. The van der Waals surface area contributed by atoms with E-state index in [1.165, 1.54) is 6.07 Å². The Hall–Kier alpha value is -0.260. The molecule has 2 N–H and O–H groups in total. The summed E-state index contributed by atoms with van der Waals surface area (Å²) in [7, 11) is 0. The molecule has 1 aliphatic rings. The molecule has 102 valence electrons. The van der Waals surface area contributed by atoms with Gasteiger partial charge in [-0.05, 0) is 42.5 Å². The van der Waals surface area contributed by atoms with Crippen molar-refractivity contribution in [3.8, 4) is 0 Å². The molecule has 18 heavy (non-hydrogen) atoms. The Morgan fingerprint density at radius 1 is 1.28 bits per heavy atom. The summed E-state index contributed by atoms with van der Waals surface area (Å²) in [6.45, 7) is 0. The Morgan fingerprint density at radius 2 is 1.89 bits per heavy atom. The fraction of sp³-hybridized carbons (Fsp3) is 0.500. The molecule has 0 aromatic heterocycles. The van der Waals surface area contributed by atoms with Gasteiger partial charge >= 0.3 is 6.18 Å². The second kappa shape index (κ2) is 5.80. The van der Waals surface area contributed by atoms with Crippen LogP contribution in [-0.4, -0.2) is 0 Å². The van der Waals surface area contributed by atoms with E-state index >= 15 is 0 Å². The minimum absolute atomic E-state index is 0. The maximum Gasteiger partial charge on any atom is 0.416 e. The molecule has 0 amide bonds. The number of alkyl halides is 3. The van der Waals surface area contributed by atoms with Crippen LogP contribution in [0.5, 0.6) is 0 Å². The average Bonchev–Trinajstić information content (AvgIpc) is 2.13. The van der Waals surface area contributed by atoms with E-state index in [1.54, 1.807) is 0 Å². The van der Waals surface area contributed by atoms with Crippen molar-refractivity contribution in [2.24, 2.45) is 11.7 Å². The molecule has 6 heteroatoms. The van der Waals surface area contributed by atoms with Gasteiger partial charge in [0.15, 0.2) is 0 Å². The smallest absolute Gasteiger partial charge is 0.324 e. The molecule has 1 saturated carbocycles. The number of rotatable bonds is 2. The highest BCUT2D eigenvalue weighted by Crippen LogP contribution is 2.40. The number of hydrogen-bond donors (Lipinski definition) is 1. The monoisotopic (exact) mass is 343 g/mol. The van der Waals surface area contributed by atoms with Crippen LogP contribution in [0.4, 0.5) is 13.2 Å². The van der Waals surface area contributed by atoms with Crippen LogP contribution in [0.2, 0.25) is 0 Å². The third kappa shape index (κ3) is 3.19. The minimum Gasteiger partial charge on any atom is -0.324 e. The number of benzene rings is 1. The van der Waals surface area contributed by atoms with Crippen molar-refractivity contribution in [3.63, 3.8) is 0 Å². The van der Waals surface area contributed by atoms with Crippen LogP contribution >= 0.6 is 28.3 Å². The van der Waals surface area contributed by atoms with E-state index in [1.807, 2.05) is 0 Å². The normalized spacial score (nSPS) is 17.8. The van der Waals surface area contributed by atoms with Crippen LogP contribution in [-0.2, 0) is 6.18 Å². The van der Waals surface area contributed by atoms with Crippen LogP contribution in [0.15, 0.2) is 22.7 Å². The summed E-state index contributed by atoms with van der Waals surface area (Å²) in [5, 5.41) is 0. The van der Waals surface area contributed by atoms with Gasteiger partial charge in [0.25, 0.3) is 0 Å². The predicted octanol–water partition coefficient (Wildman–Crippen LogP) is 4.69. The minimum atomic E-state index is -4.31. The van der Waals surface area contributed by atoms with Crippen LogP contribution in [0.3, 0.4) is 0 Å². The highest BCUT2D eigenvalue weighted by Gasteiger charge is 2.33. The molecular weight excluding hydrogens is 330 g/mol. The van der Waals surface area contributed by atoms with Crippen LogP contribution < -0.4 is 5.73 Å². The molecule has 0 aliphatic heterocycles. The Kier molecular flexibility index (Phi) is 5.09. The number of hydrogen-bond acceptors (Lipinski definition) is 1. The van der Waals surface area contributed by atoms with Crippen molar-refractivity contribution in [1.82, 2.24) is 0 Å². The summed E-state index contributed by atoms with van der Waals surface area (Å²) in [6.07, 6.45) is -1.18. The first-order valence-electron chi connectivity index (χ1n) is 5.52. The summed E-state index contributed by atoms with van der Waals surface area (Å²) in [6, 6.07) is 3.35. The Morgan fingerprint density at radius 3 is 2.33 bits per heavy atom. The van der Waals surface area contributed by atoms with Crippen molar-refractivity contribution >= 4 is 28.3 Å². The molecule has 1 aliphatic carbocycles. The summed E-state index contributed by atoms with van der Waals surface area (Å²) in [4.78, 5) is 0. The van der Waals surface area contributed by atoms with Gasteiger partial charge in [0.05, 0.1) is 5.56 Å². The highest BCUT2D eigenvalue weighted by molar-refractivity contribution is 9.10. The van der Waals surface area contributed by atoms with Crippen molar-refractivity contribution in [3.05, 3.63) is 33.8 Å². The summed E-state index contributed by atoms with van der Waals surface area (Å²) in [5.41, 5.74) is 5.94. The molecule has 0 spiro atoms. The number of nitrogens with two attached hydrogens (primary N) is 1. The van der Waals surface area contributed by atoms with E-state index < -0.39 is 11.7 Å². The van der Waals surface area contributed by atoms with E-state index in [0.717, 1.165) is 31.4 Å². The zero-order chi connectivity index (χ0) is 12.6. The molecular formula is C12H14BrClF3N. The second-order valence-corrected chi connectivity index (χ2v) is 5.31. The summed E-state index contributed by atoms with van der Waals surface area (Å²) in [5.74, 6) is 0.315. The van der Waals surface area contributed by atoms with Crippen molar-refractivity contribution in [2.45, 2.75) is 31.5 Å². The van der Waals surface area contributed by atoms with Crippen LogP contribution in [0.1, 0.15) is 36.4 Å². The Balaban J connectivity index is 0.00000162. The van der Waals surface area contributed by atoms with E-state index in [-0.39, 0.29) is 18.4 Å². The number of halogens is 5. The standard InChI is InChI=1S/C12H13BrF3N.ClH/c13-10-5-4-8(12(14,15)16)6-9(10)11(17)7-2-1-3-7;/h4-7,11H,1-3,17H2;1H/t11-;/m1./s1. The lowest BCUT2D eigenvalue weighted by Gasteiger charge is -2.32. The molecule has 0 radical (unpaired) electrons. The van der Waals surface area contributed by atoms with Gasteiger partial charge < -0.3 is 5.73 Å². The molecule has 1 nitrogen and oxygen atoms in total. The topological polar surface area (TPSA) is 26.0 Å². The van der Waals surface area contributed by atoms with E-state index in [2.05, 4.69) is 15.9 Å². The van der Waals surface area contributed by atoms with Gasteiger partial charge in [0, 0.05) is 10.5 Å². The maximum atomic E-state index is 12.6. The lowest BCUT2D eigenvalue weighted by atomic mass is 9.77. The van der Waals surface area contributed by atoms with Gasteiger partial charge in [0.2, 0.25) is 0 Å². The van der Waals surface area contributed by atoms with Gasteiger partial charge in [-0.3, -0.25) is 0 Å². The molecule has 1 aromatic carbocycles. The largest absolute Gasteiger partial charge is 0.416 e. The Labute approximate surface area is 118 Å². The summed E-state index contributed by atoms with van der Waals surface area (Å²) >= 11 is 3.27. The van der Waals surface area contributed by atoms with Gasteiger partial charge in [-0.25, -0.2) is 0 Å². The van der Waals surface area contributed by atoms with E-state index in [4.69, 9.17) is 5.73 Å². The third-order valence-electron chi connectivity index (χ3n) is 3.34. The molecule has 0 bridgehead atoms. The van der Waals surface area contributed by atoms with Crippen molar-refractivity contribution < 1.29 is 13.2 Å². The molecule has 1 fully saturated rings. The first kappa shape index (κ1) is 15.8. The first-order chi connectivity index (χ1) is 7.89. The molecule has 1 aromatic rings. The van der Waals surface area contributed by atoms with Gasteiger partial charge in [-0.2, -0.15) is 13.2 Å². The lowest BCUT2D eigenvalue weighted by Crippen LogP contribution is -2.27. The Bertz CT molecular complexity index is 418. The van der Waals surface area contributed by atoms with Crippen LogP contribution in [0, 0.1) is 5.92 Å². The molecule has 0 unspecified atom stereocenters. The molecule has 0 saturated heterocycles. The molecule has 2 rings (SSSR count). The van der Waals surface area contributed by atoms with Crippen molar-refractivity contribution in [2.75, 3.05) is 0 Å². The van der Waals surface area contributed by atoms with E-state index in [9.17, 15) is 13.2 Å². The quantitative estimate of drug-likeness (QED) is 0.827. The van der Waals surface area contributed by atoms with Gasteiger partial charge in [0.1, 0.15) is 0 Å². The molecule has 1 atom stereocenters. The average molecular weight is 345 g/mol. The third-order valence-corrected chi connectivity index (χ3v) is 4.06. The first-order valence-corrected chi connectivity index (χ1v) is 6.31. The molecule has 0 heterocycles.